The van der Waals surface area contributed by atoms with E-state index in [0.717, 1.165) is 32.4 Å². The van der Waals surface area contributed by atoms with Crippen LogP contribution in [0.2, 0.25) is 0 Å². The minimum Gasteiger partial charge on any atom is -0.317 e. The normalized spacial score (nSPS) is 14.3. The summed E-state index contributed by atoms with van der Waals surface area (Å²) in [5.41, 5.74) is 0. The van der Waals surface area contributed by atoms with E-state index in [-0.39, 0.29) is 5.25 Å². The second-order valence-corrected chi connectivity index (χ2v) is 7.53. The molecule has 0 spiro atoms. The largest absolute Gasteiger partial charge is 0.317 e. The van der Waals surface area contributed by atoms with E-state index in [1.165, 1.54) is 0 Å². The van der Waals surface area contributed by atoms with Crippen molar-refractivity contribution in [3.63, 3.8) is 0 Å². The quantitative estimate of drug-likeness (QED) is 0.637. The predicted molar refractivity (Wildman–Crippen MR) is 70.5 cm³/mol. The van der Waals surface area contributed by atoms with E-state index in [9.17, 15) is 8.42 Å². The minimum atomic E-state index is -2.85. The van der Waals surface area contributed by atoms with Gasteiger partial charge in [0.1, 0.15) is 0 Å². The van der Waals surface area contributed by atoms with Crippen molar-refractivity contribution in [1.82, 2.24) is 5.32 Å². The zero-order chi connectivity index (χ0) is 12.6. The molecule has 0 amide bonds. The lowest BCUT2D eigenvalue weighted by molar-refractivity contribution is 0.484. The minimum absolute atomic E-state index is 0.238. The lowest BCUT2D eigenvalue weighted by Crippen LogP contribution is -2.21. The summed E-state index contributed by atoms with van der Waals surface area (Å²) in [6.45, 7) is 9.83. The standard InChI is InChI=1S/C12H27NO2S/c1-5-8-13-9-6-12(4)7-10-16(14,15)11(2)3/h11-13H,5-10H2,1-4H3. The maximum atomic E-state index is 11.6. The molecule has 0 heterocycles. The Bertz CT molecular complexity index is 260. The van der Waals surface area contributed by atoms with Crippen LogP contribution >= 0.6 is 0 Å². The molecule has 1 N–H and O–H groups in total. The van der Waals surface area contributed by atoms with Crippen molar-refractivity contribution in [2.75, 3.05) is 18.8 Å². The van der Waals surface area contributed by atoms with Gasteiger partial charge >= 0.3 is 0 Å². The third kappa shape index (κ3) is 7.23. The average Bonchev–Trinajstić information content (AvgIpc) is 2.21. The monoisotopic (exact) mass is 249 g/mol. The summed E-state index contributed by atoms with van der Waals surface area (Å²) < 4.78 is 23.2. The van der Waals surface area contributed by atoms with E-state index in [1.807, 2.05) is 0 Å². The molecule has 0 aromatic rings. The lowest BCUT2D eigenvalue weighted by Gasteiger charge is -2.13. The average molecular weight is 249 g/mol. The highest BCUT2D eigenvalue weighted by molar-refractivity contribution is 7.91. The Balaban J connectivity index is 3.69. The van der Waals surface area contributed by atoms with Crippen LogP contribution in [0.4, 0.5) is 0 Å². The van der Waals surface area contributed by atoms with E-state index in [0.29, 0.717) is 11.7 Å². The molecule has 0 aliphatic rings. The fourth-order valence-corrected chi connectivity index (χ4v) is 2.60. The van der Waals surface area contributed by atoms with Crippen LogP contribution in [0, 0.1) is 5.92 Å². The predicted octanol–water partition coefficient (Wildman–Crippen LogP) is 2.23. The topological polar surface area (TPSA) is 46.2 Å². The Morgan fingerprint density at radius 2 is 1.69 bits per heavy atom. The first-order valence-electron chi connectivity index (χ1n) is 6.32. The van der Waals surface area contributed by atoms with Gasteiger partial charge in [-0.15, -0.1) is 0 Å². The Labute approximate surface area is 101 Å². The molecule has 1 atom stereocenters. The molecule has 0 bridgehead atoms. The van der Waals surface area contributed by atoms with E-state index in [1.54, 1.807) is 13.8 Å². The summed E-state index contributed by atoms with van der Waals surface area (Å²) in [7, 11) is -2.85. The van der Waals surface area contributed by atoms with Gasteiger partial charge in [0.25, 0.3) is 0 Å². The van der Waals surface area contributed by atoms with E-state index < -0.39 is 9.84 Å². The van der Waals surface area contributed by atoms with Crippen LogP contribution in [0.15, 0.2) is 0 Å². The fourth-order valence-electron chi connectivity index (χ4n) is 1.40. The maximum Gasteiger partial charge on any atom is 0.152 e. The molecule has 0 aromatic carbocycles. The molecule has 0 saturated heterocycles. The van der Waals surface area contributed by atoms with Crippen LogP contribution in [0.1, 0.15) is 47.0 Å². The van der Waals surface area contributed by atoms with Gasteiger partial charge in [-0.05, 0) is 52.1 Å². The molecular formula is C12H27NO2S. The maximum absolute atomic E-state index is 11.6. The summed E-state index contributed by atoms with van der Waals surface area (Å²) >= 11 is 0. The molecule has 3 nitrogen and oxygen atoms in total. The van der Waals surface area contributed by atoms with Gasteiger partial charge in [0.2, 0.25) is 0 Å². The van der Waals surface area contributed by atoms with Gasteiger partial charge in [-0.25, -0.2) is 8.42 Å². The zero-order valence-corrected chi connectivity index (χ0v) is 11.9. The number of hydrogen-bond donors (Lipinski definition) is 1. The molecular weight excluding hydrogens is 222 g/mol. The van der Waals surface area contributed by atoms with Crippen molar-refractivity contribution in [1.29, 1.82) is 0 Å². The molecule has 1 unspecified atom stereocenters. The molecule has 0 aromatic heterocycles. The first kappa shape index (κ1) is 15.9. The fraction of sp³-hybridized carbons (Fsp3) is 1.00. The highest BCUT2D eigenvalue weighted by Gasteiger charge is 2.16. The Morgan fingerprint density at radius 3 is 2.19 bits per heavy atom. The first-order valence-corrected chi connectivity index (χ1v) is 8.04. The van der Waals surface area contributed by atoms with Crippen LogP contribution in [0.5, 0.6) is 0 Å². The van der Waals surface area contributed by atoms with Crippen molar-refractivity contribution >= 4 is 9.84 Å². The van der Waals surface area contributed by atoms with Crippen molar-refractivity contribution in [2.45, 2.75) is 52.2 Å². The van der Waals surface area contributed by atoms with Crippen molar-refractivity contribution < 1.29 is 8.42 Å². The molecule has 0 saturated carbocycles. The smallest absolute Gasteiger partial charge is 0.152 e. The van der Waals surface area contributed by atoms with Gasteiger partial charge in [-0.1, -0.05) is 13.8 Å². The first-order chi connectivity index (χ1) is 7.40. The van der Waals surface area contributed by atoms with Gasteiger partial charge in [0, 0.05) is 0 Å². The third-order valence-corrected chi connectivity index (χ3v) is 5.10. The van der Waals surface area contributed by atoms with Gasteiger partial charge in [-0.2, -0.15) is 0 Å². The summed E-state index contributed by atoms with van der Waals surface area (Å²) in [5.74, 6) is 0.817. The van der Waals surface area contributed by atoms with E-state index in [2.05, 4.69) is 19.2 Å². The summed E-state index contributed by atoms with van der Waals surface area (Å²) in [6.07, 6.45) is 3.00. The number of rotatable bonds is 9. The SMILES string of the molecule is CCCNCCC(C)CCS(=O)(=O)C(C)C. The summed E-state index contributed by atoms with van der Waals surface area (Å²) in [6, 6.07) is 0. The van der Waals surface area contributed by atoms with Crippen molar-refractivity contribution in [3.8, 4) is 0 Å². The molecule has 0 rings (SSSR count). The third-order valence-electron chi connectivity index (χ3n) is 2.85. The number of hydrogen-bond acceptors (Lipinski definition) is 3. The molecule has 16 heavy (non-hydrogen) atoms. The van der Waals surface area contributed by atoms with Gasteiger partial charge < -0.3 is 5.32 Å². The zero-order valence-electron chi connectivity index (χ0n) is 11.1. The molecule has 0 aliphatic carbocycles. The van der Waals surface area contributed by atoms with Crippen LogP contribution in [-0.4, -0.2) is 32.5 Å². The summed E-state index contributed by atoms with van der Waals surface area (Å²) in [5, 5.41) is 3.10. The van der Waals surface area contributed by atoms with E-state index in [4.69, 9.17) is 0 Å². The van der Waals surface area contributed by atoms with Crippen LogP contribution in [0.3, 0.4) is 0 Å². The Hall–Kier alpha value is -0.0900. The highest BCUT2D eigenvalue weighted by atomic mass is 32.2. The van der Waals surface area contributed by atoms with Crippen molar-refractivity contribution in [2.24, 2.45) is 5.92 Å². The highest BCUT2D eigenvalue weighted by Crippen LogP contribution is 2.11. The second-order valence-electron chi connectivity index (χ2n) is 4.85. The van der Waals surface area contributed by atoms with Gasteiger partial charge in [-0.3, -0.25) is 0 Å². The number of sulfone groups is 1. The summed E-state index contributed by atoms with van der Waals surface area (Å²) in [4.78, 5) is 0. The molecule has 0 radical (unpaired) electrons. The van der Waals surface area contributed by atoms with Crippen LogP contribution in [0.25, 0.3) is 0 Å². The Morgan fingerprint density at radius 1 is 1.06 bits per heavy atom. The molecule has 4 heteroatoms. The molecule has 0 aliphatic heterocycles. The van der Waals surface area contributed by atoms with Crippen LogP contribution < -0.4 is 5.32 Å². The van der Waals surface area contributed by atoms with Crippen molar-refractivity contribution in [3.05, 3.63) is 0 Å². The Kier molecular flexibility index (Phi) is 8.02. The number of nitrogens with one attached hydrogen (secondary N) is 1. The molecule has 0 fully saturated rings. The second kappa shape index (κ2) is 8.07. The van der Waals surface area contributed by atoms with Gasteiger partial charge in [0.15, 0.2) is 9.84 Å². The molecule has 98 valence electrons. The van der Waals surface area contributed by atoms with Gasteiger partial charge in [0.05, 0.1) is 11.0 Å². The lowest BCUT2D eigenvalue weighted by atomic mass is 10.1. The van der Waals surface area contributed by atoms with Crippen LogP contribution in [-0.2, 0) is 9.84 Å². The van der Waals surface area contributed by atoms with E-state index >= 15 is 0 Å².